The molecule has 2 N–H and O–H groups in total. The minimum Gasteiger partial charge on any atom is -0.460 e. The van der Waals surface area contributed by atoms with E-state index in [1.165, 1.54) is 0 Å². The number of hydrogen-bond donors (Lipinski definition) is 1. The third-order valence-electron chi connectivity index (χ3n) is 2.48. The molecule has 0 aromatic heterocycles. The maximum atomic E-state index is 11.7. The SMILES string of the molecule is CC(C)(C)OC(=O)C[C@H]1C[C@@H](CCN)OB(P)O1. The van der Waals surface area contributed by atoms with Gasteiger partial charge in [0.2, 0.25) is 0 Å². The molecule has 0 radical (unpaired) electrons. The first kappa shape index (κ1) is 15.9. The largest absolute Gasteiger partial charge is 0.479 e. The van der Waals surface area contributed by atoms with Gasteiger partial charge in [-0.3, -0.25) is 4.79 Å². The summed E-state index contributed by atoms with van der Waals surface area (Å²) in [7, 11) is 2.47. The van der Waals surface area contributed by atoms with Crippen LogP contribution in [0.15, 0.2) is 0 Å². The van der Waals surface area contributed by atoms with Crippen molar-refractivity contribution in [2.45, 2.75) is 57.8 Å². The topological polar surface area (TPSA) is 70.8 Å². The van der Waals surface area contributed by atoms with Gasteiger partial charge >= 0.3 is 12.8 Å². The fraction of sp³-hybridized carbons (Fsp3) is 0.909. The highest BCUT2D eigenvalue weighted by molar-refractivity contribution is 7.58. The van der Waals surface area contributed by atoms with E-state index in [2.05, 4.69) is 9.12 Å². The van der Waals surface area contributed by atoms with Crippen molar-refractivity contribution in [3.05, 3.63) is 0 Å². The van der Waals surface area contributed by atoms with Gasteiger partial charge in [-0.2, -0.15) is 0 Å². The van der Waals surface area contributed by atoms with Gasteiger partial charge in [0, 0.05) is 6.10 Å². The standard InChI is InChI=1S/C11H23BNO4P/c1-11(2,3)15-10(14)7-9-6-8(4-5-13)16-12(18)17-9/h8-9H,4-7,13,18H2,1-3H3/t8-,9-/m1/s1. The Morgan fingerprint density at radius 3 is 2.61 bits per heavy atom. The van der Waals surface area contributed by atoms with Crippen LogP contribution >= 0.6 is 9.12 Å². The van der Waals surface area contributed by atoms with Crippen LogP contribution in [-0.2, 0) is 18.8 Å². The van der Waals surface area contributed by atoms with Crippen LogP contribution in [-0.4, -0.2) is 37.2 Å². The second-order valence-corrected chi connectivity index (χ2v) is 6.03. The van der Waals surface area contributed by atoms with E-state index in [0.717, 1.165) is 6.42 Å². The Bertz CT molecular complexity index is 285. The number of nitrogens with two attached hydrogens (primary N) is 1. The monoisotopic (exact) mass is 275 g/mol. The molecule has 7 heteroatoms. The van der Waals surface area contributed by atoms with Gasteiger partial charge in [-0.25, -0.2) is 0 Å². The summed E-state index contributed by atoms with van der Waals surface area (Å²) in [5, 5.41) is 0. The van der Waals surface area contributed by atoms with E-state index in [1.54, 1.807) is 0 Å². The molecule has 1 fully saturated rings. The van der Waals surface area contributed by atoms with Gasteiger partial charge in [-0.15, -0.1) is 9.12 Å². The van der Waals surface area contributed by atoms with Gasteiger partial charge in [-0.05, 0) is 40.2 Å². The second-order valence-electron chi connectivity index (χ2n) is 5.49. The Hall–Kier alpha value is -0.155. The summed E-state index contributed by atoms with van der Waals surface area (Å²) in [6, 6.07) is 0. The predicted molar refractivity (Wildman–Crippen MR) is 74.0 cm³/mol. The lowest BCUT2D eigenvalue weighted by atomic mass is 10.0. The summed E-state index contributed by atoms with van der Waals surface area (Å²) >= 11 is 0. The van der Waals surface area contributed by atoms with Crippen molar-refractivity contribution in [2.24, 2.45) is 5.73 Å². The molecule has 0 saturated carbocycles. The molecule has 0 bridgehead atoms. The molecule has 1 aliphatic rings. The van der Waals surface area contributed by atoms with E-state index >= 15 is 0 Å². The van der Waals surface area contributed by atoms with Crippen molar-refractivity contribution in [2.75, 3.05) is 6.54 Å². The van der Waals surface area contributed by atoms with Crippen molar-refractivity contribution in [3.63, 3.8) is 0 Å². The quantitative estimate of drug-likeness (QED) is 0.472. The zero-order chi connectivity index (χ0) is 13.8. The molecule has 1 unspecified atom stereocenters. The van der Waals surface area contributed by atoms with Gasteiger partial charge in [0.15, 0.2) is 0 Å². The smallest absolute Gasteiger partial charge is 0.460 e. The normalized spacial score (nSPS) is 25.1. The summed E-state index contributed by atoms with van der Waals surface area (Å²) < 4.78 is 16.4. The number of carbonyl (C=O) groups excluding carboxylic acids is 1. The molecule has 0 aromatic carbocycles. The number of esters is 1. The number of rotatable bonds is 4. The molecule has 1 saturated heterocycles. The molecule has 1 rings (SSSR count). The van der Waals surface area contributed by atoms with Gasteiger partial charge < -0.3 is 19.8 Å². The Labute approximate surface area is 111 Å². The van der Waals surface area contributed by atoms with Crippen LogP contribution in [0.2, 0.25) is 0 Å². The molecular formula is C11H23BNO4P. The van der Waals surface area contributed by atoms with Crippen LogP contribution in [0.25, 0.3) is 0 Å². The molecule has 0 spiro atoms. The molecule has 104 valence electrons. The first-order valence-electron chi connectivity index (χ1n) is 6.28. The summed E-state index contributed by atoms with van der Waals surface area (Å²) in [5.74, 6) is -0.238. The van der Waals surface area contributed by atoms with Crippen LogP contribution in [0.5, 0.6) is 0 Å². The molecule has 0 amide bonds. The Kier molecular flexibility index (Phi) is 6.05. The average Bonchev–Trinajstić information content (AvgIpc) is 2.12. The van der Waals surface area contributed by atoms with E-state index in [1.807, 2.05) is 20.8 Å². The zero-order valence-electron chi connectivity index (χ0n) is 11.3. The van der Waals surface area contributed by atoms with Crippen molar-refractivity contribution < 1.29 is 18.8 Å². The fourth-order valence-corrected chi connectivity index (χ4v) is 2.33. The predicted octanol–water partition coefficient (Wildman–Crippen LogP) is 1.10. The molecule has 3 atom stereocenters. The van der Waals surface area contributed by atoms with Crippen LogP contribution in [0.3, 0.4) is 0 Å². The molecule has 0 aliphatic carbocycles. The molecule has 18 heavy (non-hydrogen) atoms. The van der Waals surface area contributed by atoms with E-state index in [0.29, 0.717) is 13.0 Å². The number of hydrogen-bond acceptors (Lipinski definition) is 5. The van der Waals surface area contributed by atoms with Crippen LogP contribution < -0.4 is 5.73 Å². The van der Waals surface area contributed by atoms with Crippen LogP contribution in [0.4, 0.5) is 0 Å². The summed E-state index contributed by atoms with van der Waals surface area (Å²) in [5.41, 5.74) is 5.06. The Morgan fingerprint density at radius 1 is 1.44 bits per heavy atom. The fourth-order valence-electron chi connectivity index (χ4n) is 1.89. The summed E-state index contributed by atoms with van der Waals surface area (Å²) in [6.45, 7) is 5.76. The van der Waals surface area contributed by atoms with Crippen LogP contribution in [0, 0.1) is 0 Å². The van der Waals surface area contributed by atoms with Crippen molar-refractivity contribution in [1.29, 1.82) is 0 Å². The van der Waals surface area contributed by atoms with Gasteiger partial charge in [-0.1, -0.05) is 0 Å². The Morgan fingerprint density at radius 2 is 2.06 bits per heavy atom. The highest BCUT2D eigenvalue weighted by Crippen LogP contribution is 2.24. The minimum absolute atomic E-state index is 0.0543. The lowest BCUT2D eigenvalue weighted by molar-refractivity contribution is -0.157. The molecule has 0 aromatic rings. The summed E-state index contributed by atoms with van der Waals surface area (Å²) in [6.07, 6.45) is 1.61. The molecular weight excluding hydrogens is 252 g/mol. The second kappa shape index (κ2) is 6.85. The minimum atomic E-state index is -0.459. The summed E-state index contributed by atoms with van der Waals surface area (Å²) in [4.78, 5) is 11.7. The third kappa shape index (κ3) is 6.14. The van der Waals surface area contributed by atoms with E-state index in [4.69, 9.17) is 19.8 Å². The first-order chi connectivity index (χ1) is 8.30. The van der Waals surface area contributed by atoms with Crippen molar-refractivity contribution in [3.8, 4) is 0 Å². The maximum absolute atomic E-state index is 11.7. The number of ether oxygens (including phenoxy) is 1. The van der Waals surface area contributed by atoms with Gasteiger partial charge in [0.1, 0.15) is 5.60 Å². The zero-order valence-corrected chi connectivity index (χ0v) is 12.5. The lowest BCUT2D eigenvalue weighted by Crippen LogP contribution is -2.40. The van der Waals surface area contributed by atoms with Gasteiger partial charge in [0.05, 0.1) is 12.5 Å². The van der Waals surface area contributed by atoms with E-state index < -0.39 is 5.60 Å². The number of carbonyl (C=O) groups is 1. The van der Waals surface area contributed by atoms with E-state index in [9.17, 15) is 4.79 Å². The highest BCUT2D eigenvalue weighted by Gasteiger charge is 2.32. The lowest BCUT2D eigenvalue weighted by Gasteiger charge is -2.32. The highest BCUT2D eigenvalue weighted by atomic mass is 31.0. The van der Waals surface area contributed by atoms with Gasteiger partial charge in [0.25, 0.3) is 0 Å². The first-order valence-corrected chi connectivity index (χ1v) is 6.95. The molecule has 1 aliphatic heterocycles. The van der Waals surface area contributed by atoms with Crippen LogP contribution in [0.1, 0.15) is 40.0 Å². The molecule has 1 heterocycles. The molecule has 5 nitrogen and oxygen atoms in total. The Balaban J connectivity index is 2.43. The van der Waals surface area contributed by atoms with E-state index in [-0.39, 0.29) is 31.4 Å². The average molecular weight is 275 g/mol. The third-order valence-corrected chi connectivity index (χ3v) is 2.80. The van der Waals surface area contributed by atoms with Crippen molar-refractivity contribution in [1.82, 2.24) is 0 Å². The van der Waals surface area contributed by atoms with Crippen molar-refractivity contribution >= 4 is 21.9 Å². The maximum Gasteiger partial charge on any atom is 0.479 e.